The molecule has 6 heteroatoms. The van der Waals surface area contributed by atoms with E-state index in [9.17, 15) is 9.90 Å². The van der Waals surface area contributed by atoms with E-state index >= 15 is 0 Å². The Hall–Kier alpha value is -4.19. The lowest BCUT2D eigenvalue weighted by Crippen LogP contribution is -2.19. The summed E-state index contributed by atoms with van der Waals surface area (Å²) in [6.45, 7) is 12.3. The van der Waals surface area contributed by atoms with Gasteiger partial charge in [0.2, 0.25) is 0 Å². The van der Waals surface area contributed by atoms with E-state index < -0.39 is 0 Å². The molecular formula is C31H34N4O2. The molecular weight excluding hydrogens is 460 g/mol. The van der Waals surface area contributed by atoms with E-state index in [1.807, 2.05) is 54.6 Å². The molecule has 4 rings (SSSR count). The SMILES string of the molecule is CC(C)(C)c1cc(/C=N/NC(=O)c2cc(-c3ccc(-c4ccccc4)cc3)n[nH]2)cc(C(C)(C)C)c1O. The standard InChI is InChI=1S/C31H34N4O2/c1-30(2,3)24-16-20(17-25(28(24)36)31(4,5)6)19-32-35-29(37)27-18-26(33-34-27)23-14-12-22(13-15-23)21-10-8-7-9-11-21/h7-19,36H,1-6H3,(H,33,34)(H,35,37)/b32-19+. The lowest BCUT2D eigenvalue weighted by Gasteiger charge is -2.27. The van der Waals surface area contributed by atoms with Gasteiger partial charge in [0.25, 0.3) is 5.91 Å². The molecule has 0 fully saturated rings. The number of hydrogen-bond acceptors (Lipinski definition) is 4. The van der Waals surface area contributed by atoms with Crippen LogP contribution in [0.3, 0.4) is 0 Å². The summed E-state index contributed by atoms with van der Waals surface area (Å²) in [5, 5.41) is 22.2. The third kappa shape index (κ3) is 5.97. The molecule has 6 nitrogen and oxygen atoms in total. The van der Waals surface area contributed by atoms with Gasteiger partial charge in [-0.05, 0) is 45.7 Å². The molecule has 3 N–H and O–H groups in total. The van der Waals surface area contributed by atoms with Crippen LogP contribution in [0.4, 0.5) is 0 Å². The number of aromatic amines is 1. The Labute approximate surface area is 218 Å². The number of amides is 1. The monoisotopic (exact) mass is 494 g/mol. The number of phenols is 1. The fraction of sp³-hybridized carbons (Fsp3) is 0.258. The van der Waals surface area contributed by atoms with Crippen molar-refractivity contribution < 1.29 is 9.90 Å². The van der Waals surface area contributed by atoms with E-state index in [0.29, 0.717) is 17.1 Å². The molecule has 0 saturated heterocycles. The molecule has 0 atom stereocenters. The predicted octanol–water partition coefficient (Wildman–Crippen LogP) is 6.81. The molecule has 1 aromatic heterocycles. The van der Waals surface area contributed by atoms with Crippen molar-refractivity contribution in [2.24, 2.45) is 5.10 Å². The number of carbonyl (C=O) groups is 1. The zero-order valence-electron chi connectivity index (χ0n) is 22.3. The van der Waals surface area contributed by atoms with E-state index in [2.05, 4.69) is 74.4 Å². The Morgan fingerprint density at radius 1 is 0.838 bits per heavy atom. The average molecular weight is 495 g/mol. The number of hydrogen-bond donors (Lipinski definition) is 3. The Bertz CT molecular complexity index is 1390. The number of H-pyrrole nitrogens is 1. The van der Waals surface area contributed by atoms with Gasteiger partial charge in [-0.2, -0.15) is 10.2 Å². The summed E-state index contributed by atoms with van der Waals surface area (Å²) in [6.07, 6.45) is 1.60. The third-order valence-electron chi connectivity index (χ3n) is 6.24. The van der Waals surface area contributed by atoms with Crippen molar-refractivity contribution in [1.29, 1.82) is 0 Å². The van der Waals surface area contributed by atoms with Gasteiger partial charge in [0, 0.05) is 16.7 Å². The van der Waals surface area contributed by atoms with Gasteiger partial charge in [0.1, 0.15) is 11.4 Å². The van der Waals surface area contributed by atoms with Gasteiger partial charge in [-0.1, -0.05) is 96.1 Å². The van der Waals surface area contributed by atoms with Crippen molar-refractivity contribution in [3.8, 4) is 28.1 Å². The molecule has 190 valence electrons. The fourth-order valence-corrected chi connectivity index (χ4v) is 4.15. The number of phenolic OH excluding ortho intramolecular Hbond substituents is 1. The molecule has 1 heterocycles. The van der Waals surface area contributed by atoms with Crippen LogP contribution in [-0.4, -0.2) is 27.4 Å². The van der Waals surface area contributed by atoms with Crippen LogP contribution in [-0.2, 0) is 10.8 Å². The van der Waals surface area contributed by atoms with Crippen molar-refractivity contribution in [2.75, 3.05) is 0 Å². The van der Waals surface area contributed by atoms with Gasteiger partial charge in [0.05, 0.1) is 11.9 Å². The summed E-state index contributed by atoms with van der Waals surface area (Å²) in [7, 11) is 0. The van der Waals surface area contributed by atoms with E-state index in [-0.39, 0.29) is 16.7 Å². The van der Waals surface area contributed by atoms with E-state index in [1.165, 1.54) is 0 Å². The lowest BCUT2D eigenvalue weighted by molar-refractivity contribution is 0.0950. The number of hydrazone groups is 1. The minimum Gasteiger partial charge on any atom is -0.507 e. The lowest BCUT2D eigenvalue weighted by atomic mass is 9.78. The maximum Gasteiger partial charge on any atom is 0.289 e. The first kappa shape index (κ1) is 25.9. The Kier molecular flexibility index (Phi) is 7.03. The second-order valence-electron chi connectivity index (χ2n) is 11.3. The first-order valence-corrected chi connectivity index (χ1v) is 12.4. The Morgan fingerprint density at radius 2 is 1.38 bits per heavy atom. The van der Waals surface area contributed by atoms with Crippen molar-refractivity contribution in [3.05, 3.63) is 95.2 Å². The quantitative estimate of drug-likeness (QED) is 0.210. The summed E-state index contributed by atoms with van der Waals surface area (Å²) in [5.74, 6) is -0.0789. The van der Waals surface area contributed by atoms with Crippen LogP contribution in [0.2, 0.25) is 0 Å². The van der Waals surface area contributed by atoms with Gasteiger partial charge < -0.3 is 5.11 Å². The zero-order chi connectivity index (χ0) is 26.8. The summed E-state index contributed by atoms with van der Waals surface area (Å²) < 4.78 is 0. The first-order valence-electron chi connectivity index (χ1n) is 12.4. The topological polar surface area (TPSA) is 90.4 Å². The molecule has 4 aromatic rings. The molecule has 0 unspecified atom stereocenters. The molecule has 1 amide bonds. The highest BCUT2D eigenvalue weighted by atomic mass is 16.3. The summed E-state index contributed by atoms with van der Waals surface area (Å²) in [5.41, 5.74) is 8.72. The maximum atomic E-state index is 12.7. The number of aromatic nitrogens is 2. The maximum absolute atomic E-state index is 12.7. The van der Waals surface area contributed by atoms with Crippen LogP contribution in [0, 0.1) is 0 Å². The number of nitrogens with one attached hydrogen (secondary N) is 2. The van der Waals surface area contributed by atoms with Crippen molar-refractivity contribution in [1.82, 2.24) is 15.6 Å². The second kappa shape index (κ2) is 10.1. The van der Waals surface area contributed by atoms with Crippen molar-refractivity contribution in [3.63, 3.8) is 0 Å². The molecule has 0 bridgehead atoms. The molecule has 37 heavy (non-hydrogen) atoms. The molecule has 0 aliphatic heterocycles. The van der Waals surface area contributed by atoms with E-state index in [0.717, 1.165) is 33.4 Å². The third-order valence-corrected chi connectivity index (χ3v) is 6.24. The highest BCUT2D eigenvalue weighted by Crippen LogP contribution is 2.39. The summed E-state index contributed by atoms with van der Waals surface area (Å²) >= 11 is 0. The normalized spacial score (nSPS) is 12.2. The first-order chi connectivity index (χ1) is 17.4. The molecule has 3 aromatic carbocycles. The Morgan fingerprint density at radius 3 is 1.95 bits per heavy atom. The van der Waals surface area contributed by atoms with Crippen LogP contribution in [0.1, 0.15) is 68.7 Å². The van der Waals surface area contributed by atoms with Gasteiger partial charge >= 0.3 is 0 Å². The number of aromatic hydroxyl groups is 1. The van der Waals surface area contributed by atoms with Crippen LogP contribution >= 0.6 is 0 Å². The van der Waals surface area contributed by atoms with Crippen molar-refractivity contribution in [2.45, 2.75) is 52.4 Å². The second-order valence-corrected chi connectivity index (χ2v) is 11.3. The number of nitrogens with zero attached hydrogens (tertiary/aromatic N) is 2. The highest BCUT2D eigenvalue weighted by molar-refractivity contribution is 5.94. The smallest absolute Gasteiger partial charge is 0.289 e. The fourth-order valence-electron chi connectivity index (χ4n) is 4.15. The molecule has 0 aliphatic carbocycles. The Balaban J connectivity index is 1.48. The zero-order valence-corrected chi connectivity index (χ0v) is 22.3. The molecule has 0 radical (unpaired) electrons. The number of carbonyl (C=O) groups excluding carboxylic acids is 1. The molecule has 0 saturated carbocycles. The predicted molar refractivity (Wildman–Crippen MR) is 150 cm³/mol. The largest absolute Gasteiger partial charge is 0.507 e. The van der Waals surface area contributed by atoms with Crippen LogP contribution in [0.15, 0.2) is 77.9 Å². The van der Waals surface area contributed by atoms with Crippen LogP contribution < -0.4 is 5.43 Å². The highest BCUT2D eigenvalue weighted by Gasteiger charge is 2.26. The minimum absolute atomic E-state index is 0.247. The van der Waals surface area contributed by atoms with E-state index in [1.54, 1.807) is 12.3 Å². The van der Waals surface area contributed by atoms with E-state index in [4.69, 9.17) is 0 Å². The molecule has 0 spiro atoms. The number of rotatable bonds is 5. The van der Waals surface area contributed by atoms with Crippen molar-refractivity contribution >= 4 is 12.1 Å². The van der Waals surface area contributed by atoms with Gasteiger partial charge in [-0.25, -0.2) is 5.43 Å². The van der Waals surface area contributed by atoms with Gasteiger partial charge in [0.15, 0.2) is 0 Å². The molecule has 0 aliphatic rings. The minimum atomic E-state index is -0.387. The average Bonchev–Trinajstić information content (AvgIpc) is 3.34. The van der Waals surface area contributed by atoms with Gasteiger partial charge in [-0.15, -0.1) is 0 Å². The summed E-state index contributed by atoms with van der Waals surface area (Å²) in [4.78, 5) is 12.7. The summed E-state index contributed by atoms with van der Waals surface area (Å²) in [6, 6.07) is 23.7. The van der Waals surface area contributed by atoms with Gasteiger partial charge in [-0.3, -0.25) is 9.89 Å². The van der Waals surface area contributed by atoms with Crippen LogP contribution in [0.5, 0.6) is 5.75 Å². The number of benzene rings is 3. The van der Waals surface area contributed by atoms with Crippen LogP contribution in [0.25, 0.3) is 22.4 Å².